The van der Waals surface area contributed by atoms with Crippen LogP contribution in [0.4, 0.5) is 11.5 Å². The molecule has 2 atom stereocenters. The summed E-state index contributed by atoms with van der Waals surface area (Å²) in [6.45, 7) is 0. The third kappa shape index (κ3) is 5.40. The number of benzene rings is 2. The first-order valence-electron chi connectivity index (χ1n) is 10.3. The molecule has 1 saturated heterocycles. The Morgan fingerprint density at radius 3 is 2.44 bits per heavy atom. The van der Waals surface area contributed by atoms with Crippen molar-refractivity contribution in [3.05, 3.63) is 54.4 Å². The van der Waals surface area contributed by atoms with E-state index in [2.05, 4.69) is 20.6 Å². The van der Waals surface area contributed by atoms with Crippen molar-refractivity contribution < 1.29 is 22.7 Å². The monoisotopic (exact) mass is 502 g/mol. The molecule has 34 heavy (non-hydrogen) atoms. The first-order valence-corrected chi connectivity index (χ1v) is 12.6. The highest BCUT2D eigenvalue weighted by molar-refractivity contribution is 7.91. The zero-order valence-electron chi connectivity index (χ0n) is 18.5. The van der Waals surface area contributed by atoms with Gasteiger partial charge in [-0.05, 0) is 29.8 Å². The van der Waals surface area contributed by atoms with Crippen molar-refractivity contribution in [3.8, 4) is 11.5 Å². The minimum Gasteiger partial charge on any atom is -0.493 e. The largest absolute Gasteiger partial charge is 0.493 e. The summed E-state index contributed by atoms with van der Waals surface area (Å²) in [5.41, 5.74) is 2.29. The van der Waals surface area contributed by atoms with Crippen LogP contribution in [-0.4, -0.2) is 61.4 Å². The summed E-state index contributed by atoms with van der Waals surface area (Å²) >= 11 is 6.03. The lowest BCUT2D eigenvalue weighted by Crippen LogP contribution is -2.39. The number of aromatic nitrogens is 2. The number of hydrogen-bond acceptors (Lipinski definition) is 8. The molecule has 1 aliphatic rings. The molecule has 0 aliphatic carbocycles. The Hall–Kier alpha value is -3.37. The molecule has 1 fully saturated rings. The number of rotatable bonds is 7. The number of sulfone groups is 1. The Bertz CT molecular complexity index is 1350. The fraction of sp³-hybridized carbons (Fsp3) is 0.261. The number of methoxy groups -OCH3 is 2. The van der Waals surface area contributed by atoms with Gasteiger partial charge in [-0.3, -0.25) is 4.79 Å². The second-order valence-electron chi connectivity index (χ2n) is 7.73. The van der Waals surface area contributed by atoms with E-state index in [0.29, 0.717) is 22.8 Å². The first-order chi connectivity index (χ1) is 16.3. The van der Waals surface area contributed by atoms with E-state index < -0.39 is 27.2 Å². The lowest BCUT2D eigenvalue weighted by Gasteiger charge is -2.12. The van der Waals surface area contributed by atoms with Gasteiger partial charge in [0.1, 0.15) is 12.1 Å². The van der Waals surface area contributed by atoms with Crippen molar-refractivity contribution in [1.82, 2.24) is 15.3 Å². The van der Waals surface area contributed by atoms with Gasteiger partial charge >= 0.3 is 0 Å². The molecule has 2 aromatic carbocycles. The molecule has 2 unspecified atom stereocenters. The maximum Gasteiger partial charge on any atom is 0.244 e. The number of carbonyl (C=O) groups is 1. The van der Waals surface area contributed by atoms with Crippen molar-refractivity contribution in [3.63, 3.8) is 0 Å². The Morgan fingerprint density at radius 1 is 1.09 bits per heavy atom. The third-order valence-corrected chi connectivity index (χ3v) is 7.73. The number of fused-ring (bicyclic) bond motifs is 1. The van der Waals surface area contributed by atoms with Gasteiger partial charge in [-0.25, -0.2) is 18.4 Å². The molecule has 9 nitrogen and oxygen atoms in total. The van der Waals surface area contributed by atoms with Crippen LogP contribution in [-0.2, 0) is 14.6 Å². The Morgan fingerprint density at radius 2 is 1.79 bits per heavy atom. The highest BCUT2D eigenvalue weighted by Crippen LogP contribution is 2.34. The average molecular weight is 503 g/mol. The smallest absolute Gasteiger partial charge is 0.244 e. The Balaban J connectivity index is 1.44. The minimum atomic E-state index is -3.21. The summed E-state index contributed by atoms with van der Waals surface area (Å²) in [5.74, 6) is 1.10. The SMILES string of the molecule is COc1cc2ncnc(Nc3ccc(C=CC(=O)NC4CS(=O)(=O)CC4Cl)cc3)c2cc1OC. The fourth-order valence-corrected chi connectivity index (χ4v) is 6.19. The van der Waals surface area contributed by atoms with Crippen LogP contribution in [0, 0.1) is 0 Å². The molecule has 0 spiro atoms. The van der Waals surface area contributed by atoms with E-state index in [-0.39, 0.29) is 11.5 Å². The molecule has 3 aromatic rings. The Kier molecular flexibility index (Phi) is 6.90. The van der Waals surface area contributed by atoms with Crippen LogP contribution >= 0.6 is 11.6 Å². The van der Waals surface area contributed by atoms with Gasteiger partial charge in [0, 0.05) is 23.2 Å². The van der Waals surface area contributed by atoms with Crippen LogP contribution in [0.25, 0.3) is 17.0 Å². The fourth-order valence-electron chi connectivity index (χ4n) is 3.64. The number of hydrogen-bond donors (Lipinski definition) is 2. The van der Waals surface area contributed by atoms with E-state index in [1.54, 1.807) is 26.4 Å². The van der Waals surface area contributed by atoms with E-state index in [1.165, 1.54) is 12.4 Å². The molecule has 0 saturated carbocycles. The van der Waals surface area contributed by atoms with E-state index in [1.807, 2.05) is 30.3 Å². The molecule has 2 N–H and O–H groups in total. The highest BCUT2D eigenvalue weighted by Gasteiger charge is 2.36. The zero-order valence-corrected chi connectivity index (χ0v) is 20.1. The summed E-state index contributed by atoms with van der Waals surface area (Å²) in [6, 6.07) is 10.4. The van der Waals surface area contributed by atoms with Crippen LogP contribution in [0.3, 0.4) is 0 Å². The number of nitrogens with one attached hydrogen (secondary N) is 2. The average Bonchev–Trinajstić information content (AvgIpc) is 3.08. The van der Waals surface area contributed by atoms with Crippen molar-refractivity contribution >= 4 is 55.8 Å². The van der Waals surface area contributed by atoms with Gasteiger partial charge in [-0.1, -0.05) is 12.1 Å². The van der Waals surface area contributed by atoms with Gasteiger partial charge in [0.2, 0.25) is 5.91 Å². The van der Waals surface area contributed by atoms with Crippen LogP contribution in [0.1, 0.15) is 5.56 Å². The lowest BCUT2D eigenvalue weighted by atomic mass is 10.1. The van der Waals surface area contributed by atoms with Gasteiger partial charge in [0.25, 0.3) is 0 Å². The normalized spacial score (nSPS) is 19.3. The number of carbonyl (C=O) groups excluding carboxylic acids is 1. The van der Waals surface area contributed by atoms with Gasteiger partial charge in [0.15, 0.2) is 21.3 Å². The molecule has 178 valence electrons. The maximum absolute atomic E-state index is 12.2. The topological polar surface area (TPSA) is 120 Å². The number of alkyl halides is 1. The van der Waals surface area contributed by atoms with E-state index in [0.717, 1.165) is 16.6 Å². The molecule has 1 aliphatic heterocycles. The molecule has 11 heteroatoms. The number of amides is 1. The zero-order chi connectivity index (χ0) is 24.3. The number of halogens is 1. The number of anilines is 2. The van der Waals surface area contributed by atoms with E-state index in [9.17, 15) is 13.2 Å². The molecule has 4 rings (SSSR count). The second-order valence-corrected chi connectivity index (χ2v) is 10.4. The Labute approximate surface area is 202 Å². The molecular formula is C23H23ClN4O5S. The van der Waals surface area contributed by atoms with Gasteiger partial charge in [0.05, 0.1) is 42.7 Å². The van der Waals surface area contributed by atoms with E-state index >= 15 is 0 Å². The van der Waals surface area contributed by atoms with Crippen molar-refractivity contribution in [2.24, 2.45) is 0 Å². The molecule has 0 radical (unpaired) electrons. The summed E-state index contributed by atoms with van der Waals surface area (Å²) in [6.07, 6.45) is 4.46. The standard InChI is InChI=1S/C23H23ClN4O5S/c1-32-20-9-16-18(10-21(20)33-2)25-13-26-23(16)27-15-6-3-14(4-7-15)5-8-22(29)28-19-12-34(30,31)11-17(19)24/h3-10,13,17,19H,11-12H2,1-2H3,(H,28,29)(H,25,26,27). The second kappa shape index (κ2) is 9.86. The summed E-state index contributed by atoms with van der Waals surface area (Å²) < 4.78 is 34.0. The first kappa shape index (κ1) is 23.8. The quantitative estimate of drug-likeness (QED) is 0.374. The van der Waals surface area contributed by atoms with Crippen LogP contribution < -0.4 is 20.1 Å². The minimum absolute atomic E-state index is 0.125. The van der Waals surface area contributed by atoms with Gasteiger partial charge < -0.3 is 20.1 Å². The van der Waals surface area contributed by atoms with Crippen molar-refractivity contribution in [1.29, 1.82) is 0 Å². The lowest BCUT2D eigenvalue weighted by molar-refractivity contribution is -0.116. The van der Waals surface area contributed by atoms with Crippen LogP contribution in [0.5, 0.6) is 11.5 Å². The third-order valence-electron chi connectivity index (χ3n) is 5.35. The van der Waals surface area contributed by atoms with Gasteiger partial charge in [-0.15, -0.1) is 11.6 Å². The maximum atomic E-state index is 12.2. The number of ether oxygens (including phenoxy) is 2. The molecule has 2 heterocycles. The predicted molar refractivity (Wildman–Crippen MR) is 132 cm³/mol. The van der Waals surface area contributed by atoms with Crippen molar-refractivity contribution in [2.75, 3.05) is 31.0 Å². The van der Waals surface area contributed by atoms with E-state index in [4.69, 9.17) is 21.1 Å². The number of nitrogens with zero attached hydrogens (tertiary/aromatic N) is 2. The molecular weight excluding hydrogens is 480 g/mol. The predicted octanol–water partition coefficient (Wildman–Crippen LogP) is 2.92. The van der Waals surface area contributed by atoms with Crippen LogP contribution in [0.15, 0.2) is 48.8 Å². The summed E-state index contributed by atoms with van der Waals surface area (Å²) in [7, 11) is -0.0762. The molecule has 1 amide bonds. The summed E-state index contributed by atoms with van der Waals surface area (Å²) in [5, 5.41) is 6.07. The molecule has 0 bridgehead atoms. The summed E-state index contributed by atoms with van der Waals surface area (Å²) in [4.78, 5) is 20.8. The van der Waals surface area contributed by atoms with Crippen LogP contribution in [0.2, 0.25) is 0 Å². The van der Waals surface area contributed by atoms with Gasteiger partial charge in [-0.2, -0.15) is 0 Å². The van der Waals surface area contributed by atoms with Crippen molar-refractivity contribution in [2.45, 2.75) is 11.4 Å². The molecule has 1 aromatic heterocycles. The highest BCUT2D eigenvalue weighted by atomic mass is 35.5.